The van der Waals surface area contributed by atoms with Gasteiger partial charge < -0.3 is 15.3 Å². The van der Waals surface area contributed by atoms with Gasteiger partial charge in [-0.3, -0.25) is 0 Å². The average Bonchev–Trinajstić information content (AvgIpc) is 2.89. The molecule has 0 spiro atoms. The molecule has 1 heterocycles. The topological polar surface area (TPSA) is 48.4 Å². The molecular weight excluding hydrogens is 234 g/mol. The lowest BCUT2D eigenvalue weighted by molar-refractivity contribution is 0.168. The Morgan fingerprint density at radius 2 is 2.18 bits per heavy atom. The maximum Gasteiger partial charge on any atom is 0.115 e. The fraction of sp³-hybridized carbons (Fsp3) is 0.750. The average molecular weight is 257 g/mol. The molecule has 0 saturated carbocycles. The van der Waals surface area contributed by atoms with Crippen molar-refractivity contribution in [1.82, 2.24) is 15.2 Å². The molecule has 5 heteroatoms. The Bertz CT molecular complexity index is 301. The molecule has 0 aliphatic heterocycles. The zero-order valence-electron chi connectivity index (χ0n) is 10.9. The van der Waals surface area contributed by atoms with E-state index in [1.807, 2.05) is 12.3 Å². The van der Waals surface area contributed by atoms with Gasteiger partial charge in [0.05, 0.1) is 12.1 Å². The highest BCUT2D eigenvalue weighted by atomic mass is 32.1. The van der Waals surface area contributed by atoms with Crippen LogP contribution in [-0.4, -0.2) is 47.8 Å². The van der Waals surface area contributed by atoms with E-state index in [0.717, 1.165) is 31.2 Å². The summed E-state index contributed by atoms with van der Waals surface area (Å²) in [5, 5.41) is 15.8. The predicted molar refractivity (Wildman–Crippen MR) is 72.3 cm³/mol. The van der Waals surface area contributed by atoms with E-state index in [2.05, 4.69) is 29.0 Å². The summed E-state index contributed by atoms with van der Waals surface area (Å²) in [5.74, 6) is 0. The molecule has 0 aromatic carbocycles. The van der Waals surface area contributed by atoms with Gasteiger partial charge in [-0.05, 0) is 20.0 Å². The van der Waals surface area contributed by atoms with Gasteiger partial charge in [0.1, 0.15) is 5.01 Å². The molecule has 1 aromatic rings. The third-order valence-electron chi connectivity index (χ3n) is 3.06. The standard InChI is InChI=1S/C12H23N3OS/c1-4-15(5-2)8-6-14-12(3,10-16)11-13-7-9-17-11/h7,9,14,16H,4-6,8,10H2,1-3H3. The lowest BCUT2D eigenvalue weighted by Gasteiger charge is -2.28. The first kappa shape index (κ1) is 14.6. The molecule has 1 rings (SSSR count). The minimum atomic E-state index is -0.415. The Labute approximate surface area is 108 Å². The number of aromatic nitrogens is 1. The van der Waals surface area contributed by atoms with Crippen molar-refractivity contribution in [3.8, 4) is 0 Å². The van der Waals surface area contributed by atoms with Gasteiger partial charge in [0.2, 0.25) is 0 Å². The summed E-state index contributed by atoms with van der Waals surface area (Å²) in [6.45, 7) is 10.4. The third-order valence-corrected chi connectivity index (χ3v) is 4.10. The van der Waals surface area contributed by atoms with Crippen molar-refractivity contribution in [2.45, 2.75) is 26.3 Å². The fourth-order valence-electron chi connectivity index (χ4n) is 1.72. The zero-order valence-corrected chi connectivity index (χ0v) is 11.8. The van der Waals surface area contributed by atoms with E-state index in [-0.39, 0.29) is 6.61 Å². The first-order valence-electron chi connectivity index (χ1n) is 6.14. The summed E-state index contributed by atoms with van der Waals surface area (Å²) < 4.78 is 0. The molecule has 0 aliphatic carbocycles. The highest BCUT2D eigenvalue weighted by molar-refractivity contribution is 7.09. The molecule has 0 fully saturated rings. The van der Waals surface area contributed by atoms with Gasteiger partial charge in [-0.1, -0.05) is 13.8 Å². The molecule has 0 radical (unpaired) electrons. The first-order valence-corrected chi connectivity index (χ1v) is 7.02. The third kappa shape index (κ3) is 4.03. The summed E-state index contributed by atoms with van der Waals surface area (Å²) in [7, 11) is 0. The van der Waals surface area contributed by atoms with Crippen LogP contribution in [0.15, 0.2) is 11.6 Å². The highest BCUT2D eigenvalue weighted by Gasteiger charge is 2.27. The lowest BCUT2D eigenvalue weighted by atomic mass is 10.1. The summed E-state index contributed by atoms with van der Waals surface area (Å²) >= 11 is 1.58. The van der Waals surface area contributed by atoms with Gasteiger partial charge in [-0.25, -0.2) is 4.98 Å². The number of rotatable bonds is 8. The normalized spacial score (nSPS) is 15.1. The van der Waals surface area contributed by atoms with E-state index in [4.69, 9.17) is 0 Å². The van der Waals surface area contributed by atoms with Crippen LogP contribution >= 0.6 is 11.3 Å². The van der Waals surface area contributed by atoms with E-state index in [1.165, 1.54) is 0 Å². The van der Waals surface area contributed by atoms with Crippen LogP contribution in [0.4, 0.5) is 0 Å². The van der Waals surface area contributed by atoms with Crippen molar-refractivity contribution >= 4 is 11.3 Å². The van der Waals surface area contributed by atoms with Crippen LogP contribution in [0.5, 0.6) is 0 Å². The molecular formula is C12H23N3OS. The molecule has 1 atom stereocenters. The minimum Gasteiger partial charge on any atom is -0.394 e. The van der Waals surface area contributed by atoms with Crippen molar-refractivity contribution in [3.05, 3.63) is 16.6 Å². The van der Waals surface area contributed by atoms with E-state index in [1.54, 1.807) is 17.5 Å². The van der Waals surface area contributed by atoms with Gasteiger partial charge in [0.15, 0.2) is 0 Å². The number of aliphatic hydroxyl groups is 1. The molecule has 98 valence electrons. The zero-order chi connectivity index (χ0) is 12.7. The second-order valence-corrected chi connectivity index (χ2v) is 5.18. The quantitative estimate of drug-likeness (QED) is 0.736. The van der Waals surface area contributed by atoms with Crippen LogP contribution in [0.2, 0.25) is 0 Å². The number of thiazole rings is 1. The molecule has 1 aromatic heterocycles. The van der Waals surface area contributed by atoms with Gasteiger partial charge in [0, 0.05) is 24.7 Å². The second kappa shape index (κ2) is 7.06. The fourth-order valence-corrected chi connectivity index (χ4v) is 2.49. The summed E-state index contributed by atoms with van der Waals surface area (Å²) in [4.78, 5) is 6.63. The van der Waals surface area contributed by atoms with Crippen LogP contribution in [0, 0.1) is 0 Å². The molecule has 0 bridgehead atoms. The Hall–Kier alpha value is -0.490. The van der Waals surface area contributed by atoms with Gasteiger partial charge in [0.25, 0.3) is 0 Å². The van der Waals surface area contributed by atoms with Gasteiger partial charge in [-0.15, -0.1) is 11.3 Å². The van der Waals surface area contributed by atoms with E-state index in [9.17, 15) is 5.11 Å². The summed E-state index contributed by atoms with van der Waals surface area (Å²) in [6.07, 6.45) is 1.78. The van der Waals surface area contributed by atoms with E-state index in [0.29, 0.717) is 0 Å². The number of hydrogen-bond donors (Lipinski definition) is 2. The van der Waals surface area contributed by atoms with Crippen LogP contribution < -0.4 is 5.32 Å². The Balaban J connectivity index is 2.47. The summed E-state index contributed by atoms with van der Waals surface area (Å²) in [6, 6.07) is 0. The van der Waals surface area contributed by atoms with Crippen molar-refractivity contribution in [3.63, 3.8) is 0 Å². The summed E-state index contributed by atoms with van der Waals surface area (Å²) in [5.41, 5.74) is -0.415. The molecule has 0 saturated heterocycles. The molecule has 17 heavy (non-hydrogen) atoms. The van der Waals surface area contributed by atoms with Crippen LogP contribution in [0.25, 0.3) is 0 Å². The molecule has 1 unspecified atom stereocenters. The Morgan fingerprint density at radius 1 is 1.47 bits per heavy atom. The van der Waals surface area contributed by atoms with Crippen LogP contribution in [0.1, 0.15) is 25.8 Å². The van der Waals surface area contributed by atoms with E-state index < -0.39 is 5.54 Å². The van der Waals surface area contributed by atoms with Crippen LogP contribution in [0.3, 0.4) is 0 Å². The van der Waals surface area contributed by atoms with Gasteiger partial charge in [-0.2, -0.15) is 0 Å². The monoisotopic (exact) mass is 257 g/mol. The Morgan fingerprint density at radius 3 is 2.65 bits per heavy atom. The van der Waals surface area contributed by atoms with Crippen molar-refractivity contribution in [2.75, 3.05) is 32.8 Å². The SMILES string of the molecule is CCN(CC)CCNC(C)(CO)c1nccs1. The minimum absolute atomic E-state index is 0.0682. The van der Waals surface area contributed by atoms with Gasteiger partial charge >= 0.3 is 0 Å². The lowest BCUT2D eigenvalue weighted by Crippen LogP contribution is -2.46. The smallest absolute Gasteiger partial charge is 0.115 e. The second-order valence-electron chi connectivity index (χ2n) is 4.28. The van der Waals surface area contributed by atoms with Crippen molar-refractivity contribution < 1.29 is 5.11 Å². The number of aliphatic hydroxyl groups excluding tert-OH is 1. The van der Waals surface area contributed by atoms with E-state index >= 15 is 0 Å². The molecule has 4 nitrogen and oxygen atoms in total. The number of hydrogen-bond acceptors (Lipinski definition) is 5. The molecule has 0 amide bonds. The maximum absolute atomic E-state index is 9.53. The number of nitrogens with one attached hydrogen (secondary N) is 1. The van der Waals surface area contributed by atoms with Crippen molar-refractivity contribution in [2.24, 2.45) is 0 Å². The first-order chi connectivity index (χ1) is 8.16. The number of likely N-dealkylation sites (N-methyl/N-ethyl adjacent to an activating group) is 1. The maximum atomic E-state index is 9.53. The molecule has 2 N–H and O–H groups in total. The largest absolute Gasteiger partial charge is 0.394 e. The van der Waals surface area contributed by atoms with Crippen molar-refractivity contribution in [1.29, 1.82) is 0 Å². The predicted octanol–water partition coefficient (Wildman–Crippen LogP) is 1.28. The highest BCUT2D eigenvalue weighted by Crippen LogP contribution is 2.21. The Kier molecular flexibility index (Phi) is 6.05. The number of nitrogens with zero attached hydrogens (tertiary/aromatic N) is 2. The molecule has 0 aliphatic rings. The van der Waals surface area contributed by atoms with Crippen LogP contribution in [-0.2, 0) is 5.54 Å².